The quantitative estimate of drug-likeness (QED) is 0.372. The molecular weight excluding hydrogens is 345 g/mol. The standard InChI is InChI=1S/C18H29F3N4O/c1-5-22-16(23-10-11-25-17(2,3)4)24-12-14-6-8-15(9-7-14)26-13-18(19,20)21/h6-9,25H,5,10-13H2,1-4H3,(H2,22,23,24). The molecule has 1 rings (SSSR count). The van der Waals surface area contributed by atoms with Gasteiger partial charge in [-0.05, 0) is 45.4 Å². The van der Waals surface area contributed by atoms with Crippen LogP contribution in [0.15, 0.2) is 29.3 Å². The first-order valence-corrected chi connectivity index (χ1v) is 8.65. The normalized spacial score (nSPS) is 12.8. The molecule has 0 fully saturated rings. The third-order valence-electron chi connectivity index (χ3n) is 3.16. The summed E-state index contributed by atoms with van der Waals surface area (Å²) in [6, 6.07) is 6.45. The SMILES string of the molecule is CCNC(=NCc1ccc(OCC(F)(F)F)cc1)NCCNC(C)(C)C. The van der Waals surface area contributed by atoms with Crippen LogP contribution in [0.4, 0.5) is 13.2 Å². The van der Waals surface area contributed by atoms with Crippen LogP contribution in [0, 0.1) is 0 Å². The number of alkyl halides is 3. The molecule has 0 saturated heterocycles. The van der Waals surface area contributed by atoms with E-state index in [2.05, 4.69) is 46.5 Å². The Morgan fingerprint density at radius 3 is 2.23 bits per heavy atom. The Balaban J connectivity index is 2.50. The molecule has 0 aliphatic carbocycles. The maximum Gasteiger partial charge on any atom is 0.422 e. The van der Waals surface area contributed by atoms with Crippen molar-refractivity contribution in [2.45, 2.75) is 46.0 Å². The molecule has 1 aromatic rings. The average molecular weight is 374 g/mol. The highest BCUT2D eigenvalue weighted by Gasteiger charge is 2.28. The number of hydrogen-bond donors (Lipinski definition) is 3. The van der Waals surface area contributed by atoms with Crippen LogP contribution in [0.1, 0.15) is 33.3 Å². The maximum atomic E-state index is 12.1. The van der Waals surface area contributed by atoms with Gasteiger partial charge in [-0.3, -0.25) is 0 Å². The fourth-order valence-corrected chi connectivity index (χ4v) is 1.99. The summed E-state index contributed by atoms with van der Waals surface area (Å²) in [7, 11) is 0. The fraction of sp³-hybridized carbons (Fsp3) is 0.611. The zero-order valence-electron chi connectivity index (χ0n) is 15.8. The van der Waals surface area contributed by atoms with Gasteiger partial charge in [0.05, 0.1) is 6.54 Å². The van der Waals surface area contributed by atoms with Gasteiger partial charge in [-0.2, -0.15) is 13.2 Å². The van der Waals surface area contributed by atoms with Gasteiger partial charge in [0.25, 0.3) is 0 Å². The summed E-state index contributed by atoms with van der Waals surface area (Å²) in [5.41, 5.74) is 0.946. The molecule has 0 aliphatic heterocycles. The first-order valence-electron chi connectivity index (χ1n) is 8.65. The highest BCUT2D eigenvalue weighted by molar-refractivity contribution is 5.79. The Hall–Kier alpha value is -1.96. The molecule has 3 N–H and O–H groups in total. The van der Waals surface area contributed by atoms with E-state index in [4.69, 9.17) is 0 Å². The Bertz CT molecular complexity index is 551. The van der Waals surface area contributed by atoms with E-state index in [0.29, 0.717) is 12.5 Å². The second-order valence-corrected chi connectivity index (χ2v) is 6.85. The molecule has 0 unspecified atom stereocenters. The largest absolute Gasteiger partial charge is 0.484 e. The van der Waals surface area contributed by atoms with E-state index in [9.17, 15) is 13.2 Å². The number of aliphatic imine (C=N–C) groups is 1. The minimum Gasteiger partial charge on any atom is -0.484 e. The lowest BCUT2D eigenvalue weighted by Gasteiger charge is -2.21. The van der Waals surface area contributed by atoms with Crippen molar-refractivity contribution in [1.82, 2.24) is 16.0 Å². The number of nitrogens with one attached hydrogen (secondary N) is 3. The zero-order chi connectivity index (χ0) is 19.6. The lowest BCUT2D eigenvalue weighted by Crippen LogP contribution is -2.44. The van der Waals surface area contributed by atoms with Gasteiger partial charge in [-0.15, -0.1) is 0 Å². The van der Waals surface area contributed by atoms with Crippen LogP contribution in [-0.2, 0) is 6.54 Å². The highest BCUT2D eigenvalue weighted by Crippen LogP contribution is 2.19. The molecule has 0 bridgehead atoms. The zero-order valence-corrected chi connectivity index (χ0v) is 15.8. The van der Waals surface area contributed by atoms with Crippen molar-refractivity contribution in [1.29, 1.82) is 0 Å². The van der Waals surface area contributed by atoms with Crippen LogP contribution >= 0.6 is 0 Å². The molecule has 5 nitrogen and oxygen atoms in total. The summed E-state index contributed by atoms with van der Waals surface area (Å²) in [6.07, 6.45) is -4.34. The summed E-state index contributed by atoms with van der Waals surface area (Å²) in [5, 5.41) is 9.78. The molecule has 8 heteroatoms. The molecule has 26 heavy (non-hydrogen) atoms. The van der Waals surface area contributed by atoms with Gasteiger partial charge in [0.2, 0.25) is 0 Å². The number of nitrogens with zero attached hydrogens (tertiary/aromatic N) is 1. The minimum atomic E-state index is -4.34. The molecule has 0 saturated carbocycles. The number of rotatable bonds is 8. The topological polar surface area (TPSA) is 57.7 Å². The van der Waals surface area contributed by atoms with Gasteiger partial charge in [0.15, 0.2) is 12.6 Å². The van der Waals surface area contributed by atoms with Crippen molar-refractivity contribution >= 4 is 5.96 Å². The van der Waals surface area contributed by atoms with Crippen molar-refractivity contribution in [2.24, 2.45) is 4.99 Å². The molecule has 148 valence electrons. The summed E-state index contributed by atoms with van der Waals surface area (Å²) in [5.74, 6) is 0.883. The third kappa shape index (κ3) is 10.8. The highest BCUT2D eigenvalue weighted by atomic mass is 19.4. The first kappa shape index (κ1) is 22.1. The Kier molecular flexibility index (Phi) is 8.71. The molecule has 0 aromatic heterocycles. The van der Waals surface area contributed by atoms with Gasteiger partial charge in [-0.25, -0.2) is 4.99 Å². The van der Waals surface area contributed by atoms with E-state index >= 15 is 0 Å². The van der Waals surface area contributed by atoms with Crippen molar-refractivity contribution in [2.75, 3.05) is 26.2 Å². The number of guanidine groups is 1. The molecule has 0 aliphatic rings. The molecular formula is C18H29F3N4O. The lowest BCUT2D eigenvalue weighted by molar-refractivity contribution is -0.153. The number of benzene rings is 1. The smallest absolute Gasteiger partial charge is 0.422 e. The van der Waals surface area contributed by atoms with Crippen LogP contribution in [0.5, 0.6) is 5.75 Å². The van der Waals surface area contributed by atoms with Gasteiger partial charge in [0, 0.05) is 25.2 Å². The predicted molar refractivity (Wildman–Crippen MR) is 98.6 cm³/mol. The fourth-order valence-electron chi connectivity index (χ4n) is 1.99. The van der Waals surface area contributed by atoms with Gasteiger partial charge in [-0.1, -0.05) is 12.1 Å². The Morgan fingerprint density at radius 1 is 1.04 bits per heavy atom. The first-order chi connectivity index (χ1) is 12.1. The summed E-state index contributed by atoms with van der Waals surface area (Å²) in [4.78, 5) is 4.48. The molecule has 0 amide bonds. The van der Waals surface area contributed by atoms with E-state index < -0.39 is 12.8 Å². The monoisotopic (exact) mass is 374 g/mol. The molecule has 0 radical (unpaired) electrons. The van der Waals surface area contributed by atoms with Crippen LogP contribution in [0.2, 0.25) is 0 Å². The van der Waals surface area contributed by atoms with Crippen LogP contribution in [0.3, 0.4) is 0 Å². The third-order valence-corrected chi connectivity index (χ3v) is 3.16. The van der Waals surface area contributed by atoms with E-state index in [1.54, 1.807) is 12.1 Å². The predicted octanol–water partition coefficient (Wildman–Crippen LogP) is 3.07. The van der Waals surface area contributed by atoms with Gasteiger partial charge < -0.3 is 20.7 Å². The summed E-state index contributed by atoms with van der Waals surface area (Å²) >= 11 is 0. The van der Waals surface area contributed by atoms with E-state index in [1.807, 2.05) is 6.92 Å². The second-order valence-electron chi connectivity index (χ2n) is 6.85. The van der Waals surface area contributed by atoms with Crippen LogP contribution in [-0.4, -0.2) is 43.9 Å². The van der Waals surface area contributed by atoms with E-state index in [0.717, 1.165) is 25.2 Å². The molecule has 0 spiro atoms. The number of halogens is 3. The van der Waals surface area contributed by atoms with Gasteiger partial charge in [0.1, 0.15) is 5.75 Å². The number of ether oxygens (including phenoxy) is 1. The van der Waals surface area contributed by atoms with Crippen molar-refractivity contribution in [3.05, 3.63) is 29.8 Å². The molecule has 0 atom stereocenters. The Morgan fingerprint density at radius 2 is 1.69 bits per heavy atom. The average Bonchev–Trinajstić information content (AvgIpc) is 2.54. The summed E-state index contributed by atoms with van der Waals surface area (Å²) in [6.45, 7) is 9.70. The molecule has 1 aromatic carbocycles. The van der Waals surface area contributed by atoms with E-state index in [1.165, 1.54) is 12.1 Å². The van der Waals surface area contributed by atoms with Crippen molar-refractivity contribution in [3.8, 4) is 5.75 Å². The van der Waals surface area contributed by atoms with E-state index in [-0.39, 0.29) is 11.3 Å². The van der Waals surface area contributed by atoms with Crippen LogP contribution < -0.4 is 20.7 Å². The van der Waals surface area contributed by atoms with Crippen molar-refractivity contribution < 1.29 is 17.9 Å². The molecule has 0 heterocycles. The summed E-state index contributed by atoms with van der Waals surface area (Å²) < 4.78 is 41.1. The minimum absolute atomic E-state index is 0.0626. The van der Waals surface area contributed by atoms with Gasteiger partial charge >= 0.3 is 6.18 Å². The van der Waals surface area contributed by atoms with Crippen LogP contribution in [0.25, 0.3) is 0 Å². The lowest BCUT2D eigenvalue weighted by atomic mass is 10.1. The Labute approximate surface area is 153 Å². The maximum absolute atomic E-state index is 12.1. The number of hydrogen-bond acceptors (Lipinski definition) is 3. The second kappa shape index (κ2) is 10.3. The van der Waals surface area contributed by atoms with Crippen molar-refractivity contribution in [3.63, 3.8) is 0 Å².